The van der Waals surface area contributed by atoms with Crippen LogP contribution in [0, 0.1) is 11.3 Å². The summed E-state index contributed by atoms with van der Waals surface area (Å²) in [5.41, 5.74) is 3.18. The molecule has 2 aromatic carbocycles. The second-order valence-electron chi connectivity index (χ2n) is 14.8. The van der Waals surface area contributed by atoms with Gasteiger partial charge in [-0.2, -0.15) is 15.2 Å². The fraction of sp³-hybridized carbons (Fsp3) is 0.538. The Kier molecular flexibility index (Phi) is 9.75. The number of halogens is 2. The highest BCUT2D eigenvalue weighted by molar-refractivity contribution is 6.36. The van der Waals surface area contributed by atoms with Crippen molar-refractivity contribution in [3.05, 3.63) is 64.8 Å². The maximum atomic E-state index is 13.6. The SMILES string of the molecule is N#CC[C@H]1CN(c2nc(OCC34CCCN3CCC4)nc3c2CCN(c2cccc4cccc(Cl)c24)C3)CCN1C(=O)/C=C/CN1CC[C@@H](F)C1. The number of piperazine rings is 1. The second-order valence-corrected chi connectivity index (χ2v) is 15.2. The molecule has 12 heteroatoms. The monoisotopic (exact) mass is 712 g/mol. The summed E-state index contributed by atoms with van der Waals surface area (Å²) in [6, 6.07) is 14.7. The predicted octanol–water partition coefficient (Wildman–Crippen LogP) is 5.38. The third-order valence-electron chi connectivity index (χ3n) is 11.7. The molecule has 1 amide bonds. The normalized spacial score (nSPS) is 23.6. The lowest BCUT2D eigenvalue weighted by atomic mass is 9.95. The zero-order chi connectivity index (χ0) is 35.0. The molecule has 0 saturated carbocycles. The Morgan fingerprint density at radius 3 is 2.65 bits per heavy atom. The number of fused-ring (bicyclic) bond motifs is 3. The van der Waals surface area contributed by atoms with E-state index in [1.165, 1.54) is 12.8 Å². The average molecular weight is 713 g/mol. The lowest BCUT2D eigenvalue weighted by Gasteiger charge is -2.42. The number of hydrogen-bond acceptors (Lipinski definition) is 9. The van der Waals surface area contributed by atoms with Crippen LogP contribution in [0.1, 0.15) is 49.8 Å². The number of aromatic nitrogens is 2. The molecule has 0 spiro atoms. The van der Waals surface area contributed by atoms with E-state index in [2.05, 4.69) is 45.0 Å². The maximum absolute atomic E-state index is 13.6. The molecule has 0 aliphatic carbocycles. The Labute approximate surface area is 304 Å². The van der Waals surface area contributed by atoms with Crippen molar-refractivity contribution >= 4 is 39.8 Å². The number of nitrogens with zero attached hydrogens (tertiary/aromatic N) is 8. The van der Waals surface area contributed by atoms with Crippen LogP contribution in [0.5, 0.6) is 6.01 Å². The van der Waals surface area contributed by atoms with Gasteiger partial charge < -0.3 is 19.4 Å². The van der Waals surface area contributed by atoms with E-state index < -0.39 is 6.17 Å². The van der Waals surface area contributed by atoms with E-state index in [1.54, 1.807) is 6.08 Å². The largest absolute Gasteiger partial charge is 0.461 e. The molecule has 4 saturated heterocycles. The molecule has 0 unspecified atom stereocenters. The number of benzene rings is 2. The summed E-state index contributed by atoms with van der Waals surface area (Å²) in [7, 11) is 0. The third kappa shape index (κ3) is 6.86. The molecule has 268 valence electrons. The summed E-state index contributed by atoms with van der Waals surface area (Å²) in [5, 5.41) is 12.7. The van der Waals surface area contributed by atoms with Crippen molar-refractivity contribution in [1.29, 1.82) is 5.26 Å². The summed E-state index contributed by atoms with van der Waals surface area (Å²) >= 11 is 6.76. The van der Waals surface area contributed by atoms with Crippen molar-refractivity contribution < 1.29 is 13.9 Å². The van der Waals surface area contributed by atoms with E-state index in [0.29, 0.717) is 64.9 Å². The Morgan fingerprint density at radius 2 is 1.86 bits per heavy atom. The molecular weight excluding hydrogens is 667 g/mol. The maximum Gasteiger partial charge on any atom is 0.318 e. The number of carbonyl (C=O) groups is 1. The summed E-state index contributed by atoms with van der Waals surface area (Å²) < 4.78 is 20.2. The topological polar surface area (TPSA) is 92.1 Å². The van der Waals surface area contributed by atoms with Gasteiger partial charge in [0.25, 0.3) is 0 Å². The van der Waals surface area contributed by atoms with Gasteiger partial charge in [-0.25, -0.2) is 4.39 Å². The van der Waals surface area contributed by atoms with Crippen LogP contribution in [0.2, 0.25) is 5.02 Å². The highest BCUT2D eigenvalue weighted by Gasteiger charge is 2.45. The fourth-order valence-electron chi connectivity index (χ4n) is 9.09. The standard InChI is InChI=1S/C39H46ClFN8O2/c40-32-8-1-6-28-7-2-9-34(36(28)32)46-21-13-31-33(26-46)43-38(51-27-39-14-4-18-48(39)19-5-15-39)44-37(31)47-22-23-49(30(25-47)11-16-42)35(50)10-3-17-45-20-12-29(41)24-45/h1-3,6-10,29-30H,4-5,11-15,17-27H2/b10-3+/t29-,30+/m1/s1. The lowest BCUT2D eigenvalue weighted by molar-refractivity contribution is -0.128. The minimum absolute atomic E-state index is 0.0604. The van der Waals surface area contributed by atoms with E-state index >= 15 is 0 Å². The van der Waals surface area contributed by atoms with E-state index in [-0.39, 0.29) is 23.9 Å². The predicted molar refractivity (Wildman–Crippen MR) is 197 cm³/mol. The van der Waals surface area contributed by atoms with Crippen LogP contribution >= 0.6 is 11.6 Å². The molecule has 0 bridgehead atoms. The van der Waals surface area contributed by atoms with Gasteiger partial charge in [0.15, 0.2) is 0 Å². The van der Waals surface area contributed by atoms with Crippen molar-refractivity contribution in [2.24, 2.45) is 0 Å². The van der Waals surface area contributed by atoms with Gasteiger partial charge in [0.05, 0.1) is 41.3 Å². The smallest absolute Gasteiger partial charge is 0.318 e. The number of rotatable bonds is 9. The van der Waals surface area contributed by atoms with Gasteiger partial charge in [-0.1, -0.05) is 41.9 Å². The Bertz CT molecular complexity index is 1830. The molecule has 0 radical (unpaired) electrons. The minimum Gasteiger partial charge on any atom is -0.461 e. The number of alkyl halides is 1. The first-order valence-electron chi connectivity index (χ1n) is 18.6. The van der Waals surface area contributed by atoms with E-state index in [0.717, 1.165) is 77.5 Å². The van der Waals surface area contributed by atoms with Gasteiger partial charge in [-0.15, -0.1) is 0 Å². The Balaban J connectivity index is 1.06. The first-order valence-corrected chi connectivity index (χ1v) is 18.9. The number of ether oxygens (including phenoxy) is 1. The molecule has 6 heterocycles. The Morgan fingerprint density at radius 1 is 1.04 bits per heavy atom. The van der Waals surface area contributed by atoms with Crippen LogP contribution in [-0.4, -0.2) is 114 Å². The van der Waals surface area contributed by atoms with Crippen LogP contribution in [-0.2, 0) is 17.8 Å². The minimum atomic E-state index is -0.791. The number of likely N-dealkylation sites (tertiary alicyclic amines) is 1. The van der Waals surface area contributed by atoms with E-state index in [9.17, 15) is 14.4 Å². The summed E-state index contributed by atoms with van der Waals surface area (Å²) in [4.78, 5) is 34.6. The quantitative estimate of drug-likeness (QED) is 0.271. The third-order valence-corrected chi connectivity index (χ3v) is 12.0. The van der Waals surface area contributed by atoms with Gasteiger partial charge in [-0.05, 0) is 69.1 Å². The summed E-state index contributed by atoms with van der Waals surface area (Å²) in [6.07, 6.45) is 8.78. The van der Waals surface area contributed by atoms with Gasteiger partial charge in [0.1, 0.15) is 18.6 Å². The number of amides is 1. The molecule has 4 fully saturated rings. The second kappa shape index (κ2) is 14.6. The molecule has 8 rings (SSSR count). The molecule has 2 atom stereocenters. The lowest BCUT2D eigenvalue weighted by Crippen LogP contribution is -2.55. The van der Waals surface area contributed by atoms with Crippen LogP contribution < -0.4 is 14.5 Å². The van der Waals surface area contributed by atoms with Gasteiger partial charge in [0, 0.05) is 68.5 Å². The Hall–Kier alpha value is -3.98. The summed E-state index contributed by atoms with van der Waals surface area (Å²) in [6.45, 7) is 7.40. The molecule has 0 N–H and O–H groups in total. The number of hydrogen-bond donors (Lipinski definition) is 0. The van der Waals surface area contributed by atoms with Gasteiger partial charge >= 0.3 is 6.01 Å². The zero-order valence-corrected chi connectivity index (χ0v) is 29.9. The number of carbonyl (C=O) groups excluding carboxylic acids is 1. The fourth-order valence-corrected chi connectivity index (χ4v) is 9.37. The molecule has 10 nitrogen and oxygen atoms in total. The molecule has 3 aromatic rings. The van der Waals surface area contributed by atoms with Crippen molar-refractivity contribution in [3.63, 3.8) is 0 Å². The number of nitriles is 1. The van der Waals surface area contributed by atoms with Gasteiger partial charge in [0.2, 0.25) is 5.91 Å². The van der Waals surface area contributed by atoms with Crippen LogP contribution in [0.4, 0.5) is 15.9 Å². The van der Waals surface area contributed by atoms with Crippen molar-refractivity contribution in [2.45, 2.75) is 69.2 Å². The number of anilines is 2. The molecule has 5 aliphatic rings. The van der Waals surface area contributed by atoms with Crippen LogP contribution in [0.3, 0.4) is 0 Å². The van der Waals surface area contributed by atoms with E-state index in [4.69, 9.17) is 26.3 Å². The molecule has 51 heavy (non-hydrogen) atoms. The van der Waals surface area contributed by atoms with Crippen molar-refractivity contribution in [1.82, 2.24) is 24.7 Å². The highest BCUT2D eigenvalue weighted by Crippen LogP contribution is 2.40. The van der Waals surface area contributed by atoms with E-state index in [1.807, 2.05) is 28.0 Å². The average Bonchev–Trinajstić information content (AvgIpc) is 3.86. The molecule has 5 aliphatic heterocycles. The van der Waals surface area contributed by atoms with Gasteiger partial charge in [-0.3, -0.25) is 14.6 Å². The zero-order valence-electron chi connectivity index (χ0n) is 29.2. The molecule has 1 aromatic heterocycles. The highest BCUT2D eigenvalue weighted by atomic mass is 35.5. The van der Waals surface area contributed by atoms with Crippen molar-refractivity contribution in [2.75, 3.05) is 75.3 Å². The van der Waals surface area contributed by atoms with Crippen LogP contribution in [0.25, 0.3) is 10.8 Å². The van der Waals surface area contributed by atoms with Crippen molar-refractivity contribution in [3.8, 4) is 12.1 Å². The first kappa shape index (κ1) is 34.1. The summed E-state index contributed by atoms with van der Waals surface area (Å²) in [5.74, 6) is 0.735. The first-order chi connectivity index (χ1) is 24.9. The molecular formula is C39H46ClFN8O2. The van der Waals surface area contributed by atoms with Crippen LogP contribution in [0.15, 0.2) is 48.6 Å².